The van der Waals surface area contributed by atoms with Crippen LogP contribution in [0.1, 0.15) is 24.2 Å². The topological polar surface area (TPSA) is 55.6 Å². The average molecular weight is 484 g/mol. The molecule has 3 heterocycles. The fourth-order valence-electron chi connectivity index (χ4n) is 4.44. The molecule has 0 radical (unpaired) electrons. The highest BCUT2D eigenvalue weighted by atomic mass is 35.5. The van der Waals surface area contributed by atoms with E-state index in [2.05, 4.69) is 14.9 Å². The normalized spacial score (nSPS) is 16.4. The summed E-state index contributed by atoms with van der Waals surface area (Å²) in [5.41, 5.74) is 2.81. The minimum atomic E-state index is -0.205. The first-order valence-corrected chi connectivity index (χ1v) is 12.0. The molecule has 1 aliphatic rings. The Morgan fingerprint density at radius 3 is 2.61 bits per heavy atom. The van der Waals surface area contributed by atoms with E-state index in [1.165, 1.54) is 6.07 Å². The lowest BCUT2D eigenvalue weighted by molar-refractivity contribution is 0.341. The van der Waals surface area contributed by atoms with E-state index in [1.807, 2.05) is 24.3 Å². The number of hydrogen-bond donors (Lipinski definition) is 1. The maximum Gasteiger partial charge on any atom is 0.164 e. The van der Waals surface area contributed by atoms with Crippen molar-refractivity contribution >= 4 is 34.4 Å². The van der Waals surface area contributed by atoms with Crippen LogP contribution in [0, 0.1) is 11.7 Å². The molecule has 0 saturated carbocycles. The zero-order valence-electron chi connectivity index (χ0n) is 18.1. The second kappa shape index (κ2) is 9.75. The van der Waals surface area contributed by atoms with Gasteiger partial charge in [-0.25, -0.2) is 19.3 Å². The van der Waals surface area contributed by atoms with Crippen molar-refractivity contribution in [2.45, 2.75) is 32.2 Å². The molecule has 4 aromatic rings. The summed E-state index contributed by atoms with van der Waals surface area (Å²) in [6.45, 7) is 2.75. The van der Waals surface area contributed by atoms with Gasteiger partial charge in [0, 0.05) is 13.0 Å². The van der Waals surface area contributed by atoms with Gasteiger partial charge in [-0.2, -0.15) is 0 Å². The molecule has 1 atom stereocenters. The molecule has 33 heavy (non-hydrogen) atoms. The van der Waals surface area contributed by atoms with E-state index < -0.39 is 0 Å². The Hall–Kier alpha value is -2.54. The van der Waals surface area contributed by atoms with Crippen molar-refractivity contribution in [1.82, 2.24) is 24.8 Å². The molecule has 0 unspecified atom stereocenters. The van der Waals surface area contributed by atoms with Crippen molar-refractivity contribution in [2.24, 2.45) is 5.92 Å². The largest absolute Gasteiger partial charge is 0.316 e. The van der Waals surface area contributed by atoms with Crippen LogP contribution in [0.2, 0.25) is 10.0 Å². The van der Waals surface area contributed by atoms with E-state index >= 15 is 0 Å². The Bertz CT molecular complexity index is 1260. The van der Waals surface area contributed by atoms with E-state index in [0.29, 0.717) is 57.1 Å². The molecule has 1 saturated heterocycles. The second-order valence-corrected chi connectivity index (χ2v) is 9.26. The third kappa shape index (κ3) is 4.74. The highest BCUT2D eigenvalue weighted by Crippen LogP contribution is 2.36. The molecule has 0 spiro atoms. The zero-order valence-corrected chi connectivity index (χ0v) is 19.6. The number of imidazole rings is 1. The number of aryl methyl sites for hydroxylation is 2. The van der Waals surface area contributed by atoms with E-state index in [1.54, 1.807) is 18.3 Å². The Kier molecular flexibility index (Phi) is 6.58. The molecule has 170 valence electrons. The van der Waals surface area contributed by atoms with Crippen molar-refractivity contribution in [3.63, 3.8) is 0 Å². The number of nitrogens with zero attached hydrogens (tertiary/aromatic N) is 4. The summed E-state index contributed by atoms with van der Waals surface area (Å²) in [6.07, 6.45) is 5.08. The first-order chi connectivity index (χ1) is 16.1. The van der Waals surface area contributed by atoms with Crippen LogP contribution in [0.5, 0.6) is 0 Å². The lowest BCUT2D eigenvalue weighted by Crippen LogP contribution is -2.32. The fraction of sp³-hybridized carbons (Fsp3) is 0.320. The number of rotatable bonds is 6. The molecule has 0 amide bonds. The van der Waals surface area contributed by atoms with Gasteiger partial charge in [0.25, 0.3) is 0 Å². The highest BCUT2D eigenvalue weighted by Gasteiger charge is 2.23. The van der Waals surface area contributed by atoms with Gasteiger partial charge >= 0.3 is 0 Å². The lowest BCUT2D eigenvalue weighted by atomic mass is 9.99. The number of benzene rings is 2. The number of piperidine rings is 1. The molecule has 8 heteroatoms. The number of hydrogen-bond acceptors (Lipinski definition) is 4. The van der Waals surface area contributed by atoms with Crippen LogP contribution in [0.15, 0.2) is 48.7 Å². The van der Waals surface area contributed by atoms with Crippen molar-refractivity contribution < 1.29 is 4.39 Å². The number of aromatic nitrogens is 4. The van der Waals surface area contributed by atoms with E-state index in [4.69, 9.17) is 33.2 Å². The monoisotopic (exact) mass is 483 g/mol. The Morgan fingerprint density at radius 1 is 1.03 bits per heavy atom. The van der Waals surface area contributed by atoms with E-state index in [0.717, 1.165) is 38.1 Å². The molecule has 0 aliphatic carbocycles. The van der Waals surface area contributed by atoms with Gasteiger partial charge in [0.1, 0.15) is 23.0 Å². The summed E-state index contributed by atoms with van der Waals surface area (Å²) >= 11 is 13.1. The minimum Gasteiger partial charge on any atom is -0.316 e. The van der Waals surface area contributed by atoms with Crippen LogP contribution in [0.3, 0.4) is 0 Å². The molecule has 2 aromatic heterocycles. The molecular formula is C25H24Cl2FN5. The summed E-state index contributed by atoms with van der Waals surface area (Å²) in [6, 6.07) is 12.3. The number of fused-ring (bicyclic) bond motifs is 1. The van der Waals surface area contributed by atoms with E-state index in [-0.39, 0.29) is 5.82 Å². The minimum absolute atomic E-state index is 0.205. The zero-order chi connectivity index (χ0) is 22.8. The van der Waals surface area contributed by atoms with Gasteiger partial charge in [-0.1, -0.05) is 47.5 Å². The fourth-order valence-corrected chi connectivity index (χ4v) is 5.00. The van der Waals surface area contributed by atoms with Gasteiger partial charge in [0.05, 0.1) is 21.8 Å². The lowest BCUT2D eigenvalue weighted by Gasteiger charge is -2.24. The Morgan fingerprint density at radius 2 is 1.85 bits per heavy atom. The molecule has 2 aromatic carbocycles. The first-order valence-electron chi connectivity index (χ1n) is 11.2. The van der Waals surface area contributed by atoms with Crippen LogP contribution < -0.4 is 5.32 Å². The summed E-state index contributed by atoms with van der Waals surface area (Å²) in [5, 5.41) is 4.58. The highest BCUT2D eigenvalue weighted by molar-refractivity contribution is 6.39. The molecular weight excluding hydrogens is 460 g/mol. The van der Waals surface area contributed by atoms with Gasteiger partial charge < -0.3 is 9.88 Å². The van der Waals surface area contributed by atoms with Gasteiger partial charge in [-0.05, 0) is 62.0 Å². The quantitative estimate of drug-likeness (QED) is 0.380. The summed E-state index contributed by atoms with van der Waals surface area (Å²) in [4.78, 5) is 14.2. The number of halogens is 3. The van der Waals surface area contributed by atoms with Crippen molar-refractivity contribution in [3.05, 3.63) is 75.9 Å². The predicted molar refractivity (Wildman–Crippen MR) is 130 cm³/mol. The van der Waals surface area contributed by atoms with Crippen LogP contribution in [-0.4, -0.2) is 32.6 Å². The second-order valence-electron chi connectivity index (χ2n) is 8.44. The van der Waals surface area contributed by atoms with Crippen molar-refractivity contribution in [3.8, 4) is 11.4 Å². The Labute approximate surface area is 202 Å². The van der Waals surface area contributed by atoms with Gasteiger partial charge in [0.2, 0.25) is 0 Å². The molecule has 1 aliphatic heterocycles. The van der Waals surface area contributed by atoms with Crippen LogP contribution >= 0.6 is 23.2 Å². The first kappa shape index (κ1) is 22.3. The summed E-state index contributed by atoms with van der Waals surface area (Å²) in [5.74, 6) is 1.61. The third-order valence-electron chi connectivity index (χ3n) is 6.14. The summed E-state index contributed by atoms with van der Waals surface area (Å²) in [7, 11) is 0. The maximum absolute atomic E-state index is 14.1. The van der Waals surface area contributed by atoms with Crippen LogP contribution in [0.4, 0.5) is 4.39 Å². The van der Waals surface area contributed by atoms with Crippen LogP contribution in [0.25, 0.3) is 22.6 Å². The SMILES string of the molecule is Fc1ccccc1CCc1ncc2nc(-c3c(Cl)cccc3Cl)n(C[C@@H]3CCCNC3)c2n1. The number of nitrogens with one attached hydrogen (secondary N) is 1. The Balaban J connectivity index is 1.55. The average Bonchev–Trinajstić information content (AvgIpc) is 3.16. The maximum atomic E-state index is 14.1. The van der Waals surface area contributed by atoms with Crippen molar-refractivity contribution in [2.75, 3.05) is 13.1 Å². The van der Waals surface area contributed by atoms with Gasteiger partial charge in [-0.3, -0.25) is 0 Å². The van der Waals surface area contributed by atoms with Crippen LogP contribution in [-0.2, 0) is 19.4 Å². The van der Waals surface area contributed by atoms with Gasteiger partial charge in [0.15, 0.2) is 5.65 Å². The standard InChI is InChI=1S/C25H24Cl2FN5/c26-18-7-3-8-19(27)23(18)25-31-21-14-30-22(11-10-17-6-1-2-9-20(17)28)32-24(21)33(25)15-16-5-4-12-29-13-16/h1-3,6-9,14,16,29H,4-5,10-13,15H2/t16-/m1/s1. The summed E-state index contributed by atoms with van der Waals surface area (Å²) < 4.78 is 16.2. The van der Waals surface area contributed by atoms with Gasteiger partial charge in [-0.15, -0.1) is 0 Å². The van der Waals surface area contributed by atoms with Crippen molar-refractivity contribution in [1.29, 1.82) is 0 Å². The molecule has 5 nitrogen and oxygen atoms in total. The molecule has 0 bridgehead atoms. The van der Waals surface area contributed by atoms with E-state index in [9.17, 15) is 4.39 Å². The third-order valence-corrected chi connectivity index (χ3v) is 6.77. The molecule has 5 rings (SSSR count). The smallest absolute Gasteiger partial charge is 0.164 e. The molecule has 1 fully saturated rings. The molecule has 1 N–H and O–H groups in total. The predicted octanol–water partition coefficient (Wildman–Crippen LogP) is 5.72.